The summed E-state index contributed by atoms with van der Waals surface area (Å²) in [5.74, 6) is 0. The number of aliphatic hydroxyl groups excluding tert-OH is 1. The summed E-state index contributed by atoms with van der Waals surface area (Å²) in [6.45, 7) is 5.03. The fraction of sp³-hybridized carbons (Fsp3) is 0.944. The van der Waals surface area contributed by atoms with Crippen LogP contribution in [-0.2, 0) is 0 Å². The van der Waals surface area contributed by atoms with Crippen molar-refractivity contribution in [3.05, 3.63) is 0 Å². The summed E-state index contributed by atoms with van der Waals surface area (Å²) in [6.07, 6.45) is 10.1. The first-order valence-electron chi connectivity index (χ1n) is 9.52. The van der Waals surface area contributed by atoms with Gasteiger partial charge in [-0.15, -0.1) is 0 Å². The largest absolute Gasteiger partial charge is 0.391 e. The molecule has 3 N–H and O–H groups in total. The first kappa shape index (κ1) is 17.0. The second-order valence-electron chi connectivity index (χ2n) is 8.22. The van der Waals surface area contributed by atoms with Gasteiger partial charge in [0.05, 0.1) is 6.10 Å². The second-order valence-corrected chi connectivity index (χ2v) is 8.22. The summed E-state index contributed by atoms with van der Waals surface area (Å²) in [5, 5.41) is 16.4. The Morgan fingerprint density at radius 2 is 1.83 bits per heavy atom. The smallest absolute Gasteiger partial charge is 0.315 e. The molecule has 2 atom stereocenters. The van der Waals surface area contributed by atoms with Crippen LogP contribution in [0.4, 0.5) is 4.79 Å². The van der Waals surface area contributed by atoms with Crippen molar-refractivity contribution in [1.29, 1.82) is 0 Å². The summed E-state index contributed by atoms with van der Waals surface area (Å²) in [5.41, 5.74) is 0.331. The third-order valence-electron chi connectivity index (χ3n) is 6.26. The van der Waals surface area contributed by atoms with Crippen molar-refractivity contribution in [2.45, 2.75) is 82.9 Å². The molecule has 2 amide bonds. The van der Waals surface area contributed by atoms with Gasteiger partial charge in [-0.3, -0.25) is 4.90 Å². The molecule has 0 aromatic carbocycles. The number of nitrogens with one attached hydrogen (secondary N) is 2. The van der Waals surface area contributed by atoms with E-state index in [9.17, 15) is 9.90 Å². The molecule has 0 radical (unpaired) electrons. The average Bonchev–Trinajstić information content (AvgIpc) is 2.52. The number of nitrogens with zero attached hydrogens (tertiary/aromatic N) is 1. The van der Waals surface area contributed by atoms with Gasteiger partial charge in [0.15, 0.2) is 0 Å². The molecule has 3 fully saturated rings. The van der Waals surface area contributed by atoms with Crippen LogP contribution in [0.25, 0.3) is 0 Å². The third kappa shape index (κ3) is 4.38. The van der Waals surface area contributed by atoms with Crippen LogP contribution < -0.4 is 10.6 Å². The van der Waals surface area contributed by atoms with E-state index in [1.54, 1.807) is 0 Å². The van der Waals surface area contributed by atoms with Crippen LogP contribution in [0.2, 0.25) is 0 Å². The van der Waals surface area contributed by atoms with E-state index >= 15 is 0 Å². The monoisotopic (exact) mass is 323 g/mol. The Morgan fingerprint density at radius 1 is 1.13 bits per heavy atom. The van der Waals surface area contributed by atoms with Gasteiger partial charge in [-0.1, -0.05) is 26.2 Å². The third-order valence-corrected chi connectivity index (χ3v) is 6.26. The number of likely N-dealkylation sites (tertiary alicyclic amines) is 1. The Kier molecular flexibility index (Phi) is 5.47. The van der Waals surface area contributed by atoms with Crippen molar-refractivity contribution in [3.63, 3.8) is 0 Å². The van der Waals surface area contributed by atoms with Crippen molar-refractivity contribution in [2.75, 3.05) is 19.6 Å². The van der Waals surface area contributed by atoms with Crippen LogP contribution in [0.3, 0.4) is 0 Å². The number of aliphatic hydroxyl groups is 1. The minimum Gasteiger partial charge on any atom is -0.391 e. The van der Waals surface area contributed by atoms with Gasteiger partial charge < -0.3 is 15.7 Å². The molecule has 23 heavy (non-hydrogen) atoms. The first-order chi connectivity index (χ1) is 11.1. The number of hydrogen-bond acceptors (Lipinski definition) is 3. The molecule has 2 saturated carbocycles. The zero-order valence-electron chi connectivity index (χ0n) is 14.5. The molecule has 0 aromatic rings. The number of carbonyl (C=O) groups excluding carboxylic acids is 1. The van der Waals surface area contributed by atoms with Crippen molar-refractivity contribution in [3.8, 4) is 0 Å². The van der Waals surface area contributed by atoms with E-state index < -0.39 is 0 Å². The molecule has 3 aliphatic rings. The fourth-order valence-corrected chi connectivity index (χ4v) is 4.38. The van der Waals surface area contributed by atoms with Gasteiger partial charge in [0.1, 0.15) is 0 Å². The van der Waals surface area contributed by atoms with Crippen molar-refractivity contribution >= 4 is 6.03 Å². The highest BCUT2D eigenvalue weighted by Crippen LogP contribution is 2.39. The van der Waals surface area contributed by atoms with Gasteiger partial charge >= 0.3 is 6.03 Å². The lowest BCUT2D eigenvalue weighted by Crippen LogP contribution is -2.54. The molecule has 1 saturated heterocycles. The van der Waals surface area contributed by atoms with Gasteiger partial charge in [-0.2, -0.15) is 0 Å². The van der Waals surface area contributed by atoms with Crippen molar-refractivity contribution < 1.29 is 9.90 Å². The summed E-state index contributed by atoms with van der Waals surface area (Å²) in [6, 6.07) is 0.618. The minimum absolute atomic E-state index is 0.00530. The molecular weight excluding hydrogens is 290 g/mol. The molecule has 0 aromatic heterocycles. The number of urea groups is 1. The van der Waals surface area contributed by atoms with Crippen LogP contribution in [0.1, 0.15) is 64.7 Å². The van der Waals surface area contributed by atoms with Crippen LogP contribution >= 0.6 is 0 Å². The molecule has 132 valence electrons. The number of piperidine rings is 1. The van der Waals surface area contributed by atoms with E-state index in [0.29, 0.717) is 11.5 Å². The lowest BCUT2D eigenvalue weighted by molar-refractivity contribution is 0.00774. The number of carbonyl (C=O) groups is 1. The Hall–Kier alpha value is -0.810. The van der Waals surface area contributed by atoms with E-state index in [2.05, 4.69) is 22.5 Å². The van der Waals surface area contributed by atoms with E-state index in [0.717, 1.165) is 51.7 Å². The highest BCUT2D eigenvalue weighted by molar-refractivity contribution is 5.74. The molecule has 2 aliphatic carbocycles. The molecule has 1 heterocycles. The van der Waals surface area contributed by atoms with Crippen LogP contribution in [0.5, 0.6) is 0 Å². The maximum Gasteiger partial charge on any atom is 0.315 e. The van der Waals surface area contributed by atoms with Crippen LogP contribution in [0.15, 0.2) is 0 Å². The Morgan fingerprint density at radius 3 is 2.43 bits per heavy atom. The molecule has 0 bridgehead atoms. The van der Waals surface area contributed by atoms with Crippen LogP contribution in [-0.4, -0.2) is 53.9 Å². The summed E-state index contributed by atoms with van der Waals surface area (Å²) >= 11 is 0. The Labute approximate surface area is 140 Å². The summed E-state index contributed by atoms with van der Waals surface area (Å²) in [7, 11) is 0. The van der Waals surface area contributed by atoms with Crippen molar-refractivity contribution in [1.82, 2.24) is 15.5 Å². The zero-order valence-corrected chi connectivity index (χ0v) is 14.5. The molecular formula is C18H33N3O2. The molecule has 5 nitrogen and oxygen atoms in total. The Balaban J connectivity index is 1.36. The molecule has 3 rings (SSSR count). The normalized spacial score (nSPS) is 32.1. The summed E-state index contributed by atoms with van der Waals surface area (Å²) < 4.78 is 0. The van der Waals surface area contributed by atoms with E-state index in [-0.39, 0.29) is 18.2 Å². The summed E-state index contributed by atoms with van der Waals surface area (Å²) in [4.78, 5) is 14.5. The average molecular weight is 323 g/mol. The second kappa shape index (κ2) is 7.39. The number of hydrogen-bond donors (Lipinski definition) is 3. The molecule has 0 spiro atoms. The standard InChI is InChI=1S/C18H33N3O2/c1-18(9-4-10-18)13-19-17(23)20-14-7-11-21(12-8-14)15-5-2-3-6-16(15)22/h14-16,22H,2-13H2,1H3,(H2,19,20,23). The zero-order chi connectivity index (χ0) is 16.3. The highest BCUT2D eigenvalue weighted by atomic mass is 16.3. The van der Waals surface area contributed by atoms with Gasteiger partial charge in [-0.25, -0.2) is 4.79 Å². The first-order valence-corrected chi connectivity index (χ1v) is 9.52. The fourth-order valence-electron chi connectivity index (χ4n) is 4.38. The molecule has 5 heteroatoms. The van der Waals surface area contributed by atoms with Crippen LogP contribution in [0, 0.1) is 5.41 Å². The lowest BCUT2D eigenvalue weighted by atomic mass is 9.70. The molecule has 2 unspecified atom stereocenters. The maximum atomic E-state index is 12.1. The van der Waals surface area contributed by atoms with Gasteiger partial charge in [0.2, 0.25) is 0 Å². The predicted octanol–water partition coefficient (Wildman–Crippen LogP) is 2.24. The minimum atomic E-state index is -0.153. The predicted molar refractivity (Wildman–Crippen MR) is 91.4 cm³/mol. The van der Waals surface area contributed by atoms with E-state index in [1.807, 2.05) is 0 Å². The quantitative estimate of drug-likeness (QED) is 0.743. The van der Waals surface area contributed by atoms with Gasteiger partial charge in [0.25, 0.3) is 0 Å². The number of rotatable bonds is 4. The van der Waals surface area contributed by atoms with Crippen molar-refractivity contribution in [2.24, 2.45) is 5.41 Å². The van der Waals surface area contributed by atoms with Gasteiger partial charge in [-0.05, 0) is 43.9 Å². The van der Waals surface area contributed by atoms with Gasteiger partial charge in [0, 0.05) is 31.7 Å². The SMILES string of the molecule is CC1(CNC(=O)NC2CCN(C3CCCCC3O)CC2)CCC1. The highest BCUT2D eigenvalue weighted by Gasteiger charge is 2.33. The van der Waals surface area contributed by atoms with E-state index in [4.69, 9.17) is 0 Å². The molecule has 1 aliphatic heterocycles. The maximum absolute atomic E-state index is 12.1. The van der Waals surface area contributed by atoms with E-state index in [1.165, 1.54) is 25.7 Å². The number of amides is 2. The topological polar surface area (TPSA) is 64.6 Å². The Bertz CT molecular complexity index is 403. The lowest BCUT2D eigenvalue weighted by Gasteiger charge is -2.42.